The molecule has 2 N–H and O–H groups in total. The Morgan fingerprint density at radius 2 is 1.60 bits per heavy atom. The van der Waals surface area contributed by atoms with Gasteiger partial charge in [0.25, 0.3) is 5.91 Å². The molecule has 3 aromatic rings. The van der Waals surface area contributed by atoms with E-state index in [0.29, 0.717) is 11.3 Å². The van der Waals surface area contributed by atoms with Crippen molar-refractivity contribution < 1.29 is 9.59 Å². The van der Waals surface area contributed by atoms with E-state index in [2.05, 4.69) is 10.6 Å². The molecule has 0 aliphatic heterocycles. The van der Waals surface area contributed by atoms with Crippen molar-refractivity contribution in [2.24, 2.45) is 0 Å². The minimum atomic E-state index is -0.285. The summed E-state index contributed by atoms with van der Waals surface area (Å²) in [6.45, 7) is 7.87. The number of rotatable bonds is 6. The van der Waals surface area contributed by atoms with Gasteiger partial charge in [0.2, 0.25) is 5.91 Å². The highest BCUT2D eigenvalue weighted by Crippen LogP contribution is 2.27. The van der Waals surface area contributed by atoms with Crippen molar-refractivity contribution in [2.45, 2.75) is 37.8 Å². The van der Waals surface area contributed by atoms with Crippen LogP contribution < -0.4 is 10.6 Å². The van der Waals surface area contributed by atoms with Gasteiger partial charge in [0, 0.05) is 21.8 Å². The number of anilines is 2. The molecular formula is C25H26N2O2S. The zero-order valence-corrected chi connectivity index (χ0v) is 18.5. The van der Waals surface area contributed by atoms with E-state index in [9.17, 15) is 9.59 Å². The minimum Gasteiger partial charge on any atom is -0.325 e. The van der Waals surface area contributed by atoms with E-state index >= 15 is 0 Å². The summed E-state index contributed by atoms with van der Waals surface area (Å²) in [6, 6.07) is 20.9. The third-order valence-electron chi connectivity index (χ3n) is 4.92. The maximum atomic E-state index is 12.7. The van der Waals surface area contributed by atoms with Crippen LogP contribution in [0.3, 0.4) is 0 Å². The van der Waals surface area contributed by atoms with Gasteiger partial charge in [-0.3, -0.25) is 9.59 Å². The van der Waals surface area contributed by atoms with Crippen molar-refractivity contribution in [3.05, 3.63) is 89.0 Å². The average Bonchev–Trinajstić information content (AvgIpc) is 2.71. The molecule has 0 heterocycles. The first kappa shape index (κ1) is 21.7. The van der Waals surface area contributed by atoms with Gasteiger partial charge in [0.05, 0.1) is 5.25 Å². The van der Waals surface area contributed by atoms with Gasteiger partial charge < -0.3 is 10.6 Å². The SMILES string of the molecule is Cc1cccc(C(=O)Nc2cccc(SC(C)C(=O)Nc3cccc(C)c3C)c2)c1. The first-order valence-corrected chi connectivity index (χ1v) is 10.7. The number of amides is 2. The molecule has 0 aliphatic rings. The molecule has 2 amide bonds. The normalized spacial score (nSPS) is 11.6. The fourth-order valence-corrected chi connectivity index (χ4v) is 3.94. The Labute approximate surface area is 182 Å². The van der Waals surface area contributed by atoms with E-state index in [1.165, 1.54) is 11.8 Å². The number of benzene rings is 3. The summed E-state index contributed by atoms with van der Waals surface area (Å²) in [5.41, 5.74) is 5.42. The molecule has 154 valence electrons. The highest BCUT2D eigenvalue weighted by atomic mass is 32.2. The molecule has 0 saturated heterocycles. The molecule has 1 atom stereocenters. The van der Waals surface area contributed by atoms with Gasteiger partial charge in [-0.1, -0.05) is 35.9 Å². The fraction of sp³-hybridized carbons (Fsp3) is 0.200. The van der Waals surface area contributed by atoms with E-state index in [0.717, 1.165) is 27.3 Å². The number of hydrogen-bond donors (Lipinski definition) is 2. The van der Waals surface area contributed by atoms with E-state index in [4.69, 9.17) is 0 Å². The molecule has 3 rings (SSSR count). The van der Waals surface area contributed by atoms with Crippen molar-refractivity contribution in [1.29, 1.82) is 0 Å². The fourth-order valence-electron chi connectivity index (χ4n) is 3.02. The maximum absolute atomic E-state index is 12.7. The molecule has 0 aliphatic carbocycles. The van der Waals surface area contributed by atoms with Crippen LogP contribution in [0.25, 0.3) is 0 Å². The molecular weight excluding hydrogens is 392 g/mol. The highest BCUT2D eigenvalue weighted by Gasteiger charge is 2.16. The lowest BCUT2D eigenvalue weighted by Gasteiger charge is -2.15. The van der Waals surface area contributed by atoms with Crippen LogP contribution in [0.5, 0.6) is 0 Å². The molecule has 3 aromatic carbocycles. The zero-order valence-electron chi connectivity index (χ0n) is 17.7. The van der Waals surface area contributed by atoms with Crippen LogP contribution >= 0.6 is 11.8 Å². The Morgan fingerprint density at radius 3 is 2.37 bits per heavy atom. The Kier molecular flexibility index (Phi) is 6.95. The molecule has 5 heteroatoms. The van der Waals surface area contributed by atoms with Crippen LogP contribution in [-0.2, 0) is 4.79 Å². The third-order valence-corrected chi connectivity index (χ3v) is 6.01. The molecule has 0 spiro atoms. The van der Waals surface area contributed by atoms with Gasteiger partial charge in [-0.15, -0.1) is 11.8 Å². The van der Waals surface area contributed by atoms with Gasteiger partial charge in [-0.25, -0.2) is 0 Å². The number of carbonyl (C=O) groups excluding carboxylic acids is 2. The minimum absolute atomic E-state index is 0.0529. The van der Waals surface area contributed by atoms with Crippen molar-refractivity contribution in [1.82, 2.24) is 0 Å². The van der Waals surface area contributed by atoms with Crippen molar-refractivity contribution in [2.75, 3.05) is 10.6 Å². The van der Waals surface area contributed by atoms with Gasteiger partial charge in [-0.05, 0) is 75.2 Å². The first-order chi connectivity index (χ1) is 14.3. The zero-order chi connectivity index (χ0) is 21.7. The van der Waals surface area contributed by atoms with Crippen molar-refractivity contribution >= 4 is 35.0 Å². The highest BCUT2D eigenvalue weighted by molar-refractivity contribution is 8.00. The summed E-state index contributed by atoms with van der Waals surface area (Å²) < 4.78 is 0. The number of nitrogens with one attached hydrogen (secondary N) is 2. The van der Waals surface area contributed by atoms with Crippen LogP contribution in [0.2, 0.25) is 0 Å². The van der Waals surface area contributed by atoms with E-state index in [1.807, 2.05) is 88.4 Å². The van der Waals surface area contributed by atoms with Gasteiger partial charge in [0.1, 0.15) is 0 Å². The van der Waals surface area contributed by atoms with Crippen LogP contribution in [0.15, 0.2) is 71.6 Å². The first-order valence-electron chi connectivity index (χ1n) is 9.85. The van der Waals surface area contributed by atoms with Crippen LogP contribution in [0.4, 0.5) is 11.4 Å². The molecule has 0 saturated carbocycles. The summed E-state index contributed by atoms with van der Waals surface area (Å²) in [7, 11) is 0. The molecule has 0 fully saturated rings. The number of carbonyl (C=O) groups is 2. The topological polar surface area (TPSA) is 58.2 Å². The molecule has 0 radical (unpaired) electrons. The molecule has 1 unspecified atom stereocenters. The predicted octanol–water partition coefficient (Wildman–Crippen LogP) is 5.98. The molecule has 30 heavy (non-hydrogen) atoms. The Bertz CT molecular complexity index is 1080. The van der Waals surface area contributed by atoms with Crippen LogP contribution in [0.1, 0.15) is 34.0 Å². The van der Waals surface area contributed by atoms with Gasteiger partial charge in [-0.2, -0.15) is 0 Å². The Morgan fingerprint density at radius 1 is 0.867 bits per heavy atom. The third kappa shape index (κ3) is 5.51. The number of thioether (sulfide) groups is 1. The van der Waals surface area contributed by atoms with Crippen LogP contribution in [-0.4, -0.2) is 17.1 Å². The smallest absolute Gasteiger partial charge is 0.255 e. The van der Waals surface area contributed by atoms with Crippen molar-refractivity contribution in [3.63, 3.8) is 0 Å². The monoisotopic (exact) mass is 418 g/mol. The quantitative estimate of drug-likeness (QED) is 0.484. The molecule has 0 bridgehead atoms. The lowest BCUT2D eigenvalue weighted by atomic mass is 10.1. The molecule has 0 aromatic heterocycles. The summed E-state index contributed by atoms with van der Waals surface area (Å²) in [5, 5.41) is 5.66. The second-order valence-corrected chi connectivity index (χ2v) is 8.76. The van der Waals surface area contributed by atoms with E-state index < -0.39 is 0 Å². The van der Waals surface area contributed by atoms with Crippen molar-refractivity contribution in [3.8, 4) is 0 Å². The van der Waals surface area contributed by atoms with Crippen LogP contribution in [0, 0.1) is 20.8 Å². The van der Waals surface area contributed by atoms with E-state index in [-0.39, 0.29) is 17.1 Å². The maximum Gasteiger partial charge on any atom is 0.255 e. The number of hydrogen-bond acceptors (Lipinski definition) is 3. The second-order valence-electron chi connectivity index (χ2n) is 7.35. The number of aryl methyl sites for hydroxylation is 2. The van der Waals surface area contributed by atoms with Gasteiger partial charge in [0.15, 0.2) is 0 Å². The van der Waals surface area contributed by atoms with Gasteiger partial charge >= 0.3 is 0 Å². The second kappa shape index (κ2) is 9.63. The Hall–Kier alpha value is -3.05. The summed E-state index contributed by atoms with van der Waals surface area (Å²) in [6.07, 6.45) is 0. The Balaban J connectivity index is 1.64. The lowest BCUT2D eigenvalue weighted by Crippen LogP contribution is -2.23. The standard InChI is InChI=1S/C25H26N2O2S/c1-16-8-5-10-20(14-16)25(29)26-21-11-7-12-22(15-21)30-19(4)24(28)27-23-13-6-9-17(2)18(23)3/h5-15,19H,1-4H3,(H,26,29)(H,27,28). The summed E-state index contributed by atoms with van der Waals surface area (Å²) in [5.74, 6) is -0.204. The van der Waals surface area contributed by atoms with E-state index in [1.54, 1.807) is 6.07 Å². The summed E-state index contributed by atoms with van der Waals surface area (Å²) >= 11 is 1.46. The molecule has 4 nitrogen and oxygen atoms in total. The average molecular weight is 419 g/mol. The summed E-state index contributed by atoms with van der Waals surface area (Å²) in [4.78, 5) is 26.1. The lowest BCUT2D eigenvalue weighted by molar-refractivity contribution is -0.115. The predicted molar refractivity (Wildman–Crippen MR) is 125 cm³/mol. The largest absolute Gasteiger partial charge is 0.325 e.